The van der Waals surface area contributed by atoms with Gasteiger partial charge in [0.15, 0.2) is 0 Å². The molecule has 0 atom stereocenters. The van der Waals surface area contributed by atoms with Crippen molar-refractivity contribution >= 4 is 22.7 Å². The van der Waals surface area contributed by atoms with Crippen LogP contribution in [0.25, 0.3) is 11.0 Å². The van der Waals surface area contributed by atoms with Crippen molar-refractivity contribution in [2.45, 2.75) is 26.2 Å². The monoisotopic (exact) mass is 263 g/mol. The third-order valence-corrected chi connectivity index (χ3v) is 2.93. The fourth-order valence-electron chi connectivity index (χ4n) is 1.98. The molecule has 2 rings (SSSR count). The van der Waals surface area contributed by atoms with Gasteiger partial charge in [-0.2, -0.15) is 0 Å². The van der Waals surface area contributed by atoms with Crippen LogP contribution in [0, 0.1) is 17.0 Å². The lowest BCUT2D eigenvalue weighted by Gasteiger charge is -1.96. The first-order valence-corrected chi connectivity index (χ1v) is 5.83. The van der Waals surface area contributed by atoms with Crippen LogP contribution in [0.1, 0.15) is 24.2 Å². The zero-order valence-electron chi connectivity index (χ0n) is 10.3. The van der Waals surface area contributed by atoms with Gasteiger partial charge in [0.05, 0.1) is 21.5 Å². The molecule has 0 spiro atoms. The maximum atomic E-state index is 10.8. The quantitative estimate of drug-likeness (QED) is 0.634. The van der Waals surface area contributed by atoms with Crippen LogP contribution in [0.2, 0.25) is 0 Å². The Morgan fingerprint density at radius 1 is 1.53 bits per heavy atom. The highest BCUT2D eigenvalue weighted by Gasteiger charge is 2.15. The highest BCUT2D eigenvalue weighted by molar-refractivity contribution is 5.82. The van der Waals surface area contributed by atoms with Crippen molar-refractivity contribution in [3.63, 3.8) is 0 Å². The molecule has 0 aliphatic rings. The number of H-pyrrole nitrogens is 1. The number of nitrogens with one attached hydrogen (secondary N) is 1. The average Bonchev–Trinajstić information content (AvgIpc) is 2.72. The third-order valence-electron chi connectivity index (χ3n) is 2.93. The number of aliphatic carboxylic acids is 1. The maximum absolute atomic E-state index is 10.8. The van der Waals surface area contributed by atoms with Crippen molar-refractivity contribution < 1.29 is 14.8 Å². The second-order valence-corrected chi connectivity index (χ2v) is 4.29. The molecular formula is C12H13N3O4. The molecule has 7 nitrogen and oxygen atoms in total. The summed E-state index contributed by atoms with van der Waals surface area (Å²) in [6.07, 6.45) is 1.07. The van der Waals surface area contributed by atoms with E-state index in [2.05, 4.69) is 9.97 Å². The fourth-order valence-corrected chi connectivity index (χ4v) is 1.98. The Kier molecular flexibility index (Phi) is 3.46. The van der Waals surface area contributed by atoms with Crippen LogP contribution in [0.4, 0.5) is 5.69 Å². The number of fused-ring (bicyclic) bond motifs is 1. The number of aromatic nitrogens is 2. The normalized spacial score (nSPS) is 10.8. The maximum Gasteiger partial charge on any atom is 0.303 e. The highest BCUT2D eigenvalue weighted by Crippen LogP contribution is 2.25. The van der Waals surface area contributed by atoms with E-state index in [-0.39, 0.29) is 12.1 Å². The van der Waals surface area contributed by atoms with Gasteiger partial charge in [-0.1, -0.05) is 0 Å². The molecule has 0 aliphatic heterocycles. The Bertz CT molecular complexity index is 648. The Balaban J connectivity index is 2.28. The van der Waals surface area contributed by atoms with Gasteiger partial charge in [0.2, 0.25) is 0 Å². The number of aromatic amines is 1. The van der Waals surface area contributed by atoms with Crippen molar-refractivity contribution in [3.05, 3.63) is 33.6 Å². The summed E-state index contributed by atoms with van der Waals surface area (Å²) < 4.78 is 0. The van der Waals surface area contributed by atoms with E-state index in [4.69, 9.17) is 5.11 Å². The van der Waals surface area contributed by atoms with Crippen molar-refractivity contribution in [2.24, 2.45) is 0 Å². The van der Waals surface area contributed by atoms with Crippen LogP contribution in [0.15, 0.2) is 12.1 Å². The Morgan fingerprint density at radius 2 is 2.26 bits per heavy atom. The van der Waals surface area contributed by atoms with Crippen LogP contribution >= 0.6 is 0 Å². The lowest BCUT2D eigenvalue weighted by atomic mass is 10.1. The molecular weight excluding hydrogens is 250 g/mol. The number of carboxylic acid groups (broad SMARTS) is 1. The smallest absolute Gasteiger partial charge is 0.303 e. The van der Waals surface area contributed by atoms with Gasteiger partial charge in [0, 0.05) is 18.9 Å². The number of hydrogen-bond donors (Lipinski definition) is 2. The number of carbonyl (C=O) groups is 1. The lowest BCUT2D eigenvalue weighted by Crippen LogP contribution is -1.96. The van der Waals surface area contributed by atoms with E-state index in [0.717, 1.165) is 5.52 Å². The molecule has 1 aromatic heterocycles. The summed E-state index contributed by atoms with van der Waals surface area (Å²) in [5.74, 6) is -0.192. The standard InChI is InChI=1S/C12H13N3O4/c1-7-9(15(18)19)6-5-8-12(7)14-10(13-8)3-2-4-11(16)17/h5-6H,2-4H2,1H3,(H,13,14)(H,16,17). The van der Waals surface area contributed by atoms with Crippen molar-refractivity contribution in [1.29, 1.82) is 0 Å². The van der Waals surface area contributed by atoms with Crippen LogP contribution in [0.5, 0.6) is 0 Å². The van der Waals surface area contributed by atoms with Gasteiger partial charge in [-0.25, -0.2) is 4.98 Å². The summed E-state index contributed by atoms with van der Waals surface area (Å²) in [6.45, 7) is 1.66. The number of aryl methyl sites for hydroxylation is 2. The first-order valence-electron chi connectivity index (χ1n) is 5.83. The number of benzene rings is 1. The van der Waals surface area contributed by atoms with Gasteiger partial charge in [-0.05, 0) is 19.4 Å². The van der Waals surface area contributed by atoms with Gasteiger partial charge in [0.1, 0.15) is 5.82 Å². The van der Waals surface area contributed by atoms with E-state index in [1.807, 2.05) is 0 Å². The molecule has 100 valence electrons. The van der Waals surface area contributed by atoms with E-state index in [0.29, 0.717) is 29.7 Å². The molecule has 0 bridgehead atoms. The highest BCUT2D eigenvalue weighted by atomic mass is 16.6. The predicted octanol–water partition coefficient (Wildman–Crippen LogP) is 2.19. The van der Waals surface area contributed by atoms with E-state index < -0.39 is 10.9 Å². The molecule has 0 unspecified atom stereocenters. The second kappa shape index (κ2) is 5.05. The molecule has 7 heteroatoms. The van der Waals surface area contributed by atoms with Crippen LogP contribution in [-0.2, 0) is 11.2 Å². The summed E-state index contributed by atoms with van der Waals surface area (Å²) >= 11 is 0. The van der Waals surface area contributed by atoms with Gasteiger partial charge in [-0.15, -0.1) is 0 Å². The zero-order chi connectivity index (χ0) is 14.0. The topological polar surface area (TPSA) is 109 Å². The number of hydrogen-bond acceptors (Lipinski definition) is 4. The summed E-state index contributed by atoms with van der Waals surface area (Å²) in [6, 6.07) is 3.06. The first-order chi connectivity index (χ1) is 8.99. The van der Waals surface area contributed by atoms with Crippen molar-refractivity contribution in [3.8, 4) is 0 Å². The van der Waals surface area contributed by atoms with E-state index in [1.54, 1.807) is 13.0 Å². The van der Waals surface area contributed by atoms with E-state index >= 15 is 0 Å². The van der Waals surface area contributed by atoms with Crippen LogP contribution < -0.4 is 0 Å². The van der Waals surface area contributed by atoms with Gasteiger partial charge >= 0.3 is 5.97 Å². The largest absolute Gasteiger partial charge is 0.481 e. The van der Waals surface area contributed by atoms with Gasteiger partial charge < -0.3 is 10.1 Å². The molecule has 1 heterocycles. The minimum Gasteiger partial charge on any atom is -0.481 e. The number of nitro benzene ring substituents is 1. The third kappa shape index (κ3) is 2.70. The molecule has 19 heavy (non-hydrogen) atoms. The predicted molar refractivity (Wildman–Crippen MR) is 68.1 cm³/mol. The molecule has 2 N–H and O–H groups in total. The molecule has 0 fully saturated rings. The van der Waals surface area contributed by atoms with E-state index in [1.165, 1.54) is 6.07 Å². The van der Waals surface area contributed by atoms with E-state index in [9.17, 15) is 14.9 Å². The molecule has 2 aromatic rings. The number of carboxylic acids is 1. The zero-order valence-corrected chi connectivity index (χ0v) is 10.3. The molecule has 0 radical (unpaired) electrons. The molecule has 0 aliphatic carbocycles. The van der Waals surface area contributed by atoms with Crippen molar-refractivity contribution in [2.75, 3.05) is 0 Å². The number of nitrogens with zero attached hydrogens (tertiary/aromatic N) is 2. The second-order valence-electron chi connectivity index (χ2n) is 4.29. The van der Waals surface area contributed by atoms with Crippen LogP contribution in [0.3, 0.4) is 0 Å². The van der Waals surface area contributed by atoms with Crippen LogP contribution in [-0.4, -0.2) is 26.0 Å². The first kappa shape index (κ1) is 13.0. The minimum atomic E-state index is -0.845. The lowest BCUT2D eigenvalue weighted by molar-refractivity contribution is -0.385. The SMILES string of the molecule is Cc1c([N+](=O)[O-])ccc2[nH]c(CCCC(=O)O)nc12. The molecule has 0 saturated carbocycles. The Morgan fingerprint density at radius 3 is 2.89 bits per heavy atom. The van der Waals surface area contributed by atoms with Gasteiger partial charge in [0.25, 0.3) is 5.69 Å². The number of nitro groups is 1. The van der Waals surface area contributed by atoms with Gasteiger partial charge in [-0.3, -0.25) is 14.9 Å². The van der Waals surface area contributed by atoms with Crippen molar-refractivity contribution in [1.82, 2.24) is 9.97 Å². The summed E-state index contributed by atoms with van der Waals surface area (Å²) in [7, 11) is 0. The summed E-state index contributed by atoms with van der Waals surface area (Å²) in [5, 5.41) is 19.4. The fraction of sp³-hybridized carbons (Fsp3) is 0.333. The molecule has 1 aromatic carbocycles. The number of rotatable bonds is 5. The number of imidazole rings is 1. The minimum absolute atomic E-state index is 0.0380. The average molecular weight is 263 g/mol. The summed E-state index contributed by atoms with van der Waals surface area (Å²) in [4.78, 5) is 28.2. The summed E-state index contributed by atoms with van der Waals surface area (Å²) in [5.41, 5.74) is 1.85. The Labute approximate surface area is 108 Å². The molecule has 0 saturated heterocycles. The molecule has 0 amide bonds. The Hall–Kier alpha value is -2.44.